The van der Waals surface area contributed by atoms with Gasteiger partial charge < -0.3 is 15.8 Å². The quantitative estimate of drug-likeness (QED) is 0.655. The van der Waals surface area contributed by atoms with Gasteiger partial charge in [0.05, 0.1) is 24.0 Å². The van der Waals surface area contributed by atoms with Crippen LogP contribution in [0.5, 0.6) is 0 Å². The van der Waals surface area contributed by atoms with Crippen molar-refractivity contribution in [1.29, 1.82) is 0 Å². The third-order valence-corrected chi connectivity index (χ3v) is 4.04. The van der Waals surface area contributed by atoms with Crippen LogP contribution in [0.3, 0.4) is 0 Å². The van der Waals surface area contributed by atoms with Crippen LogP contribution in [-0.4, -0.2) is 19.1 Å². The van der Waals surface area contributed by atoms with E-state index in [1.165, 1.54) is 26.4 Å². The highest BCUT2D eigenvalue weighted by Gasteiger charge is 2.28. The number of nitrogens with one attached hydrogen (secondary N) is 1. The molecular formula is C16H24N2O2. The van der Waals surface area contributed by atoms with Crippen LogP contribution in [0.15, 0.2) is 18.2 Å². The standard InChI is InChI=1S/C16H24N2O2/c1-16(2)8-4-5-12(10-16)18-14-7-6-11(9-13(14)17)15(19)20-3/h6-7,9,12,18H,4-5,8,10,17H2,1-3H3/t12-/m1/s1. The van der Waals surface area contributed by atoms with Gasteiger partial charge in [-0.05, 0) is 42.9 Å². The van der Waals surface area contributed by atoms with Crippen molar-refractivity contribution in [2.75, 3.05) is 18.2 Å². The number of esters is 1. The second-order valence-corrected chi connectivity index (χ2v) is 6.40. The van der Waals surface area contributed by atoms with E-state index in [0.29, 0.717) is 22.7 Å². The zero-order valence-electron chi connectivity index (χ0n) is 12.5. The number of rotatable bonds is 3. The summed E-state index contributed by atoms with van der Waals surface area (Å²) in [7, 11) is 1.37. The molecule has 0 aromatic heterocycles. The summed E-state index contributed by atoms with van der Waals surface area (Å²) in [5, 5.41) is 3.51. The average molecular weight is 276 g/mol. The summed E-state index contributed by atoms with van der Waals surface area (Å²) in [4.78, 5) is 11.5. The summed E-state index contributed by atoms with van der Waals surface area (Å²) < 4.78 is 4.69. The molecule has 1 aliphatic carbocycles. The van der Waals surface area contributed by atoms with Crippen molar-refractivity contribution < 1.29 is 9.53 Å². The summed E-state index contributed by atoms with van der Waals surface area (Å²) in [5.41, 5.74) is 8.40. The molecule has 0 aliphatic heterocycles. The Morgan fingerprint density at radius 1 is 1.45 bits per heavy atom. The third kappa shape index (κ3) is 3.44. The van der Waals surface area contributed by atoms with Crippen molar-refractivity contribution >= 4 is 17.3 Å². The van der Waals surface area contributed by atoms with Gasteiger partial charge in [-0.1, -0.05) is 20.3 Å². The SMILES string of the molecule is COC(=O)c1ccc(N[C@@H]2CCCC(C)(C)C2)c(N)c1. The molecule has 0 saturated heterocycles. The normalized spacial score (nSPS) is 21.2. The summed E-state index contributed by atoms with van der Waals surface area (Å²) >= 11 is 0. The lowest BCUT2D eigenvalue weighted by molar-refractivity contribution is 0.0601. The molecule has 4 heteroatoms. The lowest BCUT2D eigenvalue weighted by Gasteiger charge is -2.36. The van der Waals surface area contributed by atoms with E-state index >= 15 is 0 Å². The summed E-state index contributed by atoms with van der Waals surface area (Å²) in [6.45, 7) is 4.62. The lowest BCUT2D eigenvalue weighted by atomic mass is 9.75. The van der Waals surface area contributed by atoms with Crippen LogP contribution >= 0.6 is 0 Å². The van der Waals surface area contributed by atoms with Crippen molar-refractivity contribution in [3.63, 3.8) is 0 Å². The maximum absolute atomic E-state index is 11.5. The van der Waals surface area contributed by atoms with Gasteiger partial charge in [0.15, 0.2) is 0 Å². The molecule has 0 heterocycles. The fourth-order valence-corrected chi connectivity index (χ4v) is 2.98. The number of benzene rings is 1. The number of anilines is 2. The Kier molecular flexibility index (Phi) is 4.21. The number of methoxy groups -OCH3 is 1. The molecule has 1 fully saturated rings. The number of hydrogen-bond donors (Lipinski definition) is 2. The summed E-state index contributed by atoms with van der Waals surface area (Å²) in [5.74, 6) is -0.359. The van der Waals surface area contributed by atoms with Crippen LogP contribution in [0.4, 0.5) is 11.4 Å². The van der Waals surface area contributed by atoms with Crippen molar-refractivity contribution in [2.24, 2.45) is 5.41 Å². The minimum Gasteiger partial charge on any atom is -0.465 e. The zero-order valence-corrected chi connectivity index (χ0v) is 12.5. The Balaban J connectivity index is 2.08. The molecule has 20 heavy (non-hydrogen) atoms. The number of hydrogen-bond acceptors (Lipinski definition) is 4. The maximum atomic E-state index is 11.5. The van der Waals surface area contributed by atoms with Crippen LogP contribution < -0.4 is 11.1 Å². The van der Waals surface area contributed by atoms with E-state index in [1.54, 1.807) is 12.1 Å². The Labute approximate surface area is 120 Å². The van der Waals surface area contributed by atoms with Crippen molar-refractivity contribution in [3.05, 3.63) is 23.8 Å². The molecule has 0 radical (unpaired) electrons. The third-order valence-electron chi connectivity index (χ3n) is 4.04. The zero-order chi connectivity index (χ0) is 14.8. The first-order chi connectivity index (χ1) is 9.41. The van der Waals surface area contributed by atoms with Crippen LogP contribution in [0.1, 0.15) is 49.9 Å². The monoisotopic (exact) mass is 276 g/mol. The van der Waals surface area contributed by atoms with Crippen molar-refractivity contribution in [3.8, 4) is 0 Å². The van der Waals surface area contributed by atoms with Gasteiger partial charge in [-0.3, -0.25) is 0 Å². The molecule has 1 saturated carbocycles. The highest BCUT2D eigenvalue weighted by Crippen LogP contribution is 2.37. The molecule has 1 aromatic rings. The number of ether oxygens (including phenoxy) is 1. The van der Waals surface area contributed by atoms with Gasteiger partial charge in [0.2, 0.25) is 0 Å². The van der Waals surface area contributed by atoms with E-state index < -0.39 is 0 Å². The first-order valence-corrected chi connectivity index (χ1v) is 7.16. The van der Waals surface area contributed by atoms with Crippen LogP contribution in [0.25, 0.3) is 0 Å². The van der Waals surface area contributed by atoms with Crippen LogP contribution in [-0.2, 0) is 4.74 Å². The smallest absolute Gasteiger partial charge is 0.337 e. The molecule has 0 spiro atoms. The van der Waals surface area contributed by atoms with Gasteiger partial charge in [-0.2, -0.15) is 0 Å². The van der Waals surface area contributed by atoms with E-state index in [2.05, 4.69) is 19.2 Å². The Morgan fingerprint density at radius 2 is 2.20 bits per heavy atom. The second kappa shape index (κ2) is 5.73. The largest absolute Gasteiger partial charge is 0.465 e. The van der Waals surface area contributed by atoms with Crippen molar-refractivity contribution in [1.82, 2.24) is 0 Å². The highest BCUT2D eigenvalue weighted by atomic mass is 16.5. The Bertz CT molecular complexity index is 497. The van der Waals surface area contributed by atoms with Gasteiger partial charge >= 0.3 is 5.97 Å². The van der Waals surface area contributed by atoms with E-state index in [9.17, 15) is 4.79 Å². The van der Waals surface area contributed by atoms with Gasteiger partial charge in [0, 0.05) is 6.04 Å². The van der Waals surface area contributed by atoms with Crippen molar-refractivity contribution in [2.45, 2.75) is 45.6 Å². The fourth-order valence-electron chi connectivity index (χ4n) is 2.98. The molecule has 0 unspecified atom stereocenters. The number of nitrogens with two attached hydrogens (primary N) is 1. The minimum absolute atomic E-state index is 0.359. The van der Waals surface area contributed by atoms with E-state index in [4.69, 9.17) is 10.5 Å². The van der Waals surface area contributed by atoms with E-state index in [0.717, 1.165) is 12.1 Å². The molecule has 3 N–H and O–H groups in total. The molecule has 1 atom stereocenters. The molecule has 2 rings (SSSR count). The first-order valence-electron chi connectivity index (χ1n) is 7.16. The van der Waals surface area contributed by atoms with E-state index in [1.807, 2.05) is 6.07 Å². The first kappa shape index (κ1) is 14.7. The van der Waals surface area contributed by atoms with Gasteiger partial charge in [0.1, 0.15) is 0 Å². The number of carbonyl (C=O) groups is 1. The molecule has 1 aliphatic rings. The second-order valence-electron chi connectivity index (χ2n) is 6.40. The lowest BCUT2D eigenvalue weighted by Crippen LogP contribution is -2.32. The molecule has 4 nitrogen and oxygen atoms in total. The average Bonchev–Trinajstić information content (AvgIpc) is 2.39. The fraction of sp³-hybridized carbons (Fsp3) is 0.562. The number of nitrogen functional groups attached to an aromatic ring is 1. The Morgan fingerprint density at radius 3 is 2.80 bits per heavy atom. The predicted octanol–water partition coefficient (Wildman–Crippen LogP) is 3.44. The molecule has 110 valence electrons. The van der Waals surface area contributed by atoms with Gasteiger partial charge in [-0.25, -0.2) is 4.79 Å². The highest BCUT2D eigenvalue weighted by molar-refractivity contribution is 5.91. The summed E-state index contributed by atoms with van der Waals surface area (Å²) in [6.07, 6.45) is 4.83. The van der Waals surface area contributed by atoms with Crippen LogP contribution in [0, 0.1) is 5.41 Å². The van der Waals surface area contributed by atoms with Crippen LogP contribution in [0.2, 0.25) is 0 Å². The number of carbonyl (C=O) groups excluding carboxylic acids is 1. The Hall–Kier alpha value is -1.71. The predicted molar refractivity (Wildman–Crippen MR) is 81.9 cm³/mol. The van der Waals surface area contributed by atoms with Gasteiger partial charge in [0.25, 0.3) is 0 Å². The summed E-state index contributed by atoms with van der Waals surface area (Å²) in [6, 6.07) is 5.73. The topological polar surface area (TPSA) is 64.3 Å². The minimum atomic E-state index is -0.359. The molecule has 0 amide bonds. The van der Waals surface area contributed by atoms with E-state index in [-0.39, 0.29) is 5.97 Å². The maximum Gasteiger partial charge on any atom is 0.337 e. The molecule has 0 bridgehead atoms. The molecule has 1 aromatic carbocycles. The molecular weight excluding hydrogens is 252 g/mol. The van der Waals surface area contributed by atoms with Gasteiger partial charge in [-0.15, -0.1) is 0 Å².